The smallest absolute Gasteiger partial charge is 0.140 e. The van der Waals surface area contributed by atoms with Gasteiger partial charge in [0.15, 0.2) is 0 Å². The first kappa shape index (κ1) is 14.0. The molecule has 0 heterocycles. The SMILES string of the molecule is COc1ccc(Cl)cc1CC(=O)C(C)CCN. The van der Waals surface area contributed by atoms with Crippen LogP contribution in [0.1, 0.15) is 18.9 Å². The predicted molar refractivity (Wildman–Crippen MR) is 69.6 cm³/mol. The van der Waals surface area contributed by atoms with E-state index in [9.17, 15) is 4.79 Å². The number of nitrogens with two attached hydrogens (primary N) is 1. The molecule has 2 N–H and O–H groups in total. The number of rotatable bonds is 6. The van der Waals surface area contributed by atoms with Crippen LogP contribution in [-0.2, 0) is 11.2 Å². The number of hydrogen-bond donors (Lipinski definition) is 1. The van der Waals surface area contributed by atoms with Gasteiger partial charge in [-0.3, -0.25) is 4.79 Å². The van der Waals surface area contributed by atoms with Crippen LogP contribution in [0.15, 0.2) is 18.2 Å². The first-order chi connectivity index (χ1) is 8.08. The highest BCUT2D eigenvalue weighted by molar-refractivity contribution is 6.30. The molecule has 0 aliphatic carbocycles. The van der Waals surface area contributed by atoms with Gasteiger partial charge in [-0.15, -0.1) is 0 Å². The van der Waals surface area contributed by atoms with Gasteiger partial charge in [0.1, 0.15) is 11.5 Å². The van der Waals surface area contributed by atoms with E-state index in [1.165, 1.54) is 0 Å². The quantitative estimate of drug-likeness (QED) is 0.850. The number of Topliss-reactive ketones (excluding diaryl/α,β-unsaturated/α-hetero) is 1. The molecule has 0 aliphatic rings. The van der Waals surface area contributed by atoms with Gasteiger partial charge >= 0.3 is 0 Å². The van der Waals surface area contributed by atoms with E-state index in [0.29, 0.717) is 30.2 Å². The van der Waals surface area contributed by atoms with Gasteiger partial charge in [-0.05, 0) is 31.2 Å². The lowest BCUT2D eigenvalue weighted by molar-refractivity contribution is -0.121. The van der Waals surface area contributed by atoms with E-state index in [1.807, 2.05) is 6.92 Å². The molecule has 0 aliphatic heterocycles. The number of ketones is 1. The number of hydrogen-bond acceptors (Lipinski definition) is 3. The molecule has 1 unspecified atom stereocenters. The third-order valence-electron chi connectivity index (χ3n) is 2.76. The average Bonchev–Trinajstić information content (AvgIpc) is 2.29. The molecule has 1 aromatic rings. The molecule has 1 aromatic carbocycles. The molecule has 0 aromatic heterocycles. The number of halogens is 1. The van der Waals surface area contributed by atoms with E-state index in [-0.39, 0.29) is 11.7 Å². The Morgan fingerprint density at radius 2 is 2.24 bits per heavy atom. The maximum absolute atomic E-state index is 11.9. The standard InChI is InChI=1S/C13H18ClNO2/c1-9(5-6-15)12(16)8-10-7-11(14)3-4-13(10)17-2/h3-4,7,9H,5-6,8,15H2,1-2H3. The lowest BCUT2D eigenvalue weighted by atomic mass is 9.96. The summed E-state index contributed by atoms with van der Waals surface area (Å²) in [5, 5.41) is 0.611. The monoisotopic (exact) mass is 255 g/mol. The number of ether oxygens (including phenoxy) is 1. The van der Waals surface area contributed by atoms with Crippen LogP contribution in [0, 0.1) is 5.92 Å². The number of benzene rings is 1. The largest absolute Gasteiger partial charge is 0.496 e. The van der Waals surface area contributed by atoms with Crippen LogP contribution in [0.25, 0.3) is 0 Å². The normalized spacial score (nSPS) is 12.2. The predicted octanol–water partition coefficient (Wildman–Crippen LogP) is 2.45. The second-order valence-electron chi connectivity index (χ2n) is 4.08. The second kappa shape index (κ2) is 6.62. The van der Waals surface area contributed by atoms with Crippen molar-refractivity contribution in [1.29, 1.82) is 0 Å². The van der Waals surface area contributed by atoms with Gasteiger partial charge in [0, 0.05) is 22.9 Å². The maximum Gasteiger partial charge on any atom is 0.140 e. The van der Waals surface area contributed by atoms with Gasteiger partial charge in [-0.1, -0.05) is 18.5 Å². The van der Waals surface area contributed by atoms with Crippen LogP contribution >= 0.6 is 11.6 Å². The summed E-state index contributed by atoms with van der Waals surface area (Å²) < 4.78 is 5.21. The summed E-state index contributed by atoms with van der Waals surface area (Å²) in [4.78, 5) is 11.9. The van der Waals surface area contributed by atoms with Gasteiger partial charge in [0.2, 0.25) is 0 Å². The van der Waals surface area contributed by atoms with Crippen molar-refractivity contribution in [1.82, 2.24) is 0 Å². The van der Waals surface area contributed by atoms with E-state index in [0.717, 1.165) is 5.56 Å². The van der Waals surface area contributed by atoms with Crippen LogP contribution in [0.5, 0.6) is 5.75 Å². The van der Waals surface area contributed by atoms with Crippen LogP contribution in [0.4, 0.5) is 0 Å². The molecule has 0 fully saturated rings. The van der Waals surface area contributed by atoms with Crippen molar-refractivity contribution < 1.29 is 9.53 Å². The highest BCUT2D eigenvalue weighted by Crippen LogP contribution is 2.24. The minimum atomic E-state index is -0.0244. The van der Waals surface area contributed by atoms with Crippen LogP contribution in [-0.4, -0.2) is 19.4 Å². The fourth-order valence-electron chi connectivity index (χ4n) is 1.66. The summed E-state index contributed by atoms with van der Waals surface area (Å²) >= 11 is 5.91. The van der Waals surface area contributed by atoms with Crippen LogP contribution in [0.3, 0.4) is 0 Å². The number of carbonyl (C=O) groups excluding carboxylic acids is 1. The molecule has 94 valence electrons. The number of methoxy groups -OCH3 is 1. The van der Waals surface area contributed by atoms with E-state index in [1.54, 1.807) is 25.3 Å². The summed E-state index contributed by atoms with van der Waals surface area (Å²) in [6.45, 7) is 2.42. The first-order valence-electron chi connectivity index (χ1n) is 5.63. The molecule has 3 nitrogen and oxygen atoms in total. The zero-order valence-electron chi connectivity index (χ0n) is 10.2. The van der Waals surface area contributed by atoms with E-state index >= 15 is 0 Å². The van der Waals surface area contributed by atoms with Crippen molar-refractivity contribution in [3.63, 3.8) is 0 Å². The van der Waals surface area contributed by atoms with E-state index in [4.69, 9.17) is 22.1 Å². The minimum absolute atomic E-state index is 0.0244. The van der Waals surface area contributed by atoms with Crippen LogP contribution < -0.4 is 10.5 Å². The van der Waals surface area contributed by atoms with Crippen molar-refractivity contribution in [3.8, 4) is 5.75 Å². The van der Waals surface area contributed by atoms with Gasteiger partial charge in [-0.25, -0.2) is 0 Å². The fourth-order valence-corrected chi connectivity index (χ4v) is 1.85. The Balaban J connectivity index is 2.79. The summed E-state index contributed by atoms with van der Waals surface area (Å²) in [5.41, 5.74) is 6.27. The molecular weight excluding hydrogens is 238 g/mol. The van der Waals surface area contributed by atoms with Crippen molar-refractivity contribution in [2.45, 2.75) is 19.8 Å². The number of carbonyl (C=O) groups is 1. The van der Waals surface area contributed by atoms with Gasteiger partial charge in [0.05, 0.1) is 7.11 Å². The zero-order valence-corrected chi connectivity index (χ0v) is 11.0. The maximum atomic E-state index is 11.9. The lowest BCUT2D eigenvalue weighted by Crippen LogP contribution is -2.17. The molecule has 0 radical (unpaired) electrons. The summed E-state index contributed by atoms with van der Waals surface area (Å²) in [7, 11) is 1.58. The Morgan fingerprint density at radius 3 is 2.82 bits per heavy atom. The van der Waals surface area contributed by atoms with Gasteiger partial charge < -0.3 is 10.5 Å². The van der Waals surface area contributed by atoms with Crippen molar-refractivity contribution in [3.05, 3.63) is 28.8 Å². The highest BCUT2D eigenvalue weighted by atomic mass is 35.5. The zero-order chi connectivity index (χ0) is 12.8. The second-order valence-corrected chi connectivity index (χ2v) is 4.51. The third kappa shape index (κ3) is 4.02. The summed E-state index contributed by atoms with van der Waals surface area (Å²) in [6, 6.07) is 5.30. The van der Waals surface area contributed by atoms with Crippen LogP contribution in [0.2, 0.25) is 5.02 Å². The summed E-state index contributed by atoms with van der Waals surface area (Å²) in [6.07, 6.45) is 1.05. The highest BCUT2D eigenvalue weighted by Gasteiger charge is 2.15. The molecular formula is C13H18ClNO2. The minimum Gasteiger partial charge on any atom is -0.496 e. The molecule has 1 rings (SSSR count). The third-order valence-corrected chi connectivity index (χ3v) is 2.99. The molecule has 17 heavy (non-hydrogen) atoms. The van der Waals surface area contributed by atoms with Crippen molar-refractivity contribution in [2.75, 3.05) is 13.7 Å². The van der Waals surface area contributed by atoms with Gasteiger partial charge in [0.25, 0.3) is 0 Å². The molecule has 0 saturated carbocycles. The fraction of sp³-hybridized carbons (Fsp3) is 0.462. The Morgan fingerprint density at radius 1 is 1.53 bits per heavy atom. The summed E-state index contributed by atoms with van der Waals surface area (Å²) in [5.74, 6) is 0.836. The van der Waals surface area contributed by atoms with E-state index < -0.39 is 0 Å². The topological polar surface area (TPSA) is 52.3 Å². The first-order valence-corrected chi connectivity index (χ1v) is 6.01. The molecule has 0 saturated heterocycles. The Bertz CT molecular complexity index is 393. The molecule has 4 heteroatoms. The van der Waals surface area contributed by atoms with E-state index in [2.05, 4.69) is 0 Å². The molecule has 0 bridgehead atoms. The Kier molecular flexibility index (Phi) is 5.45. The molecule has 0 spiro atoms. The van der Waals surface area contributed by atoms with Gasteiger partial charge in [-0.2, -0.15) is 0 Å². The van der Waals surface area contributed by atoms with Crippen molar-refractivity contribution >= 4 is 17.4 Å². The van der Waals surface area contributed by atoms with Crippen molar-refractivity contribution in [2.24, 2.45) is 11.7 Å². The Hall–Kier alpha value is -1.06. The molecule has 0 amide bonds. The lowest BCUT2D eigenvalue weighted by Gasteiger charge is -2.11. The molecule has 1 atom stereocenters. The Labute approximate surface area is 107 Å². The average molecular weight is 256 g/mol.